The van der Waals surface area contributed by atoms with Crippen LogP contribution < -0.4 is 0 Å². The van der Waals surface area contributed by atoms with Gasteiger partial charge in [0.2, 0.25) is 0 Å². The van der Waals surface area contributed by atoms with Gasteiger partial charge in [-0.3, -0.25) is 4.90 Å². The van der Waals surface area contributed by atoms with E-state index in [0.717, 1.165) is 31.6 Å². The summed E-state index contributed by atoms with van der Waals surface area (Å²) < 4.78 is 0. The van der Waals surface area contributed by atoms with Gasteiger partial charge in [-0.2, -0.15) is 0 Å². The Labute approximate surface area is 114 Å². The Kier molecular flexibility index (Phi) is 5.41. The van der Waals surface area contributed by atoms with E-state index in [4.69, 9.17) is 10.2 Å². The molecule has 3 nitrogen and oxygen atoms in total. The Bertz CT molecular complexity index is 444. The van der Waals surface area contributed by atoms with Crippen LogP contribution in [0.2, 0.25) is 0 Å². The van der Waals surface area contributed by atoms with E-state index in [0.29, 0.717) is 12.5 Å². The summed E-state index contributed by atoms with van der Waals surface area (Å²) in [4.78, 5) is 2.44. The van der Waals surface area contributed by atoms with Gasteiger partial charge in [-0.05, 0) is 43.0 Å². The van der Waals surface area contributed by atoms with Gasteiger partial charge in [0.25, 0.3) is 0 Å². The Morgan fingerprint density at radius 3 is 2.68 bits per heavy atom. The monoisotopic (exact) mass is 259 g/mol. The van der Waals surface area contributed by atoms with E-state index in [2.05, 4.69) is 28.9 Å². The summed E-state index contributed by atoms with van der Waals surface area (Å²) in [6.07, 6.45) is 2.12. The van der Waals surface area contributed by atoms with Crippen molar-refractivity contribution >= 4 is 0 Å². The Morgan fingerprint density at radius 1 is 1.21 bits per heavy atom. The first-order chi connectivity index (χ1) is 9.31. The maximum atomic E-state index is 8.95. The lowest BCUT2D eigenvalue weighted by molar-refractivity contribution is 0.249. The zero-order valence-corrected chi connectivity index (χ0v) is 11.2. The number of likely N-dealkylation sites (tertiary alicyclic amines) is 1. The van der Waals surface area contributed by atoms with Crippen molar-refractivity contribution in [1.82, 2.24) is 4.90 Å². The minimum absolute atomic E-state index is 0.0955. The van der Waals surface area contributed by atoms with Gasteiger partial charge in [-0.1, -0.05) is 24.0 Å². The van der Waals surface area contributed by atoms with Gasteiger partial charge in [0, 0.05) is 25.3 Å². The van der Waals surface area contributed by atoms with Crippen LogP contribution in [0.15, 0.2) is 24.3 Å². The van der Waals surface area contributed by atoms with Crippen molar-refractivity contribution in [2.75, 3.05) is 26.3 Å². The van der Waals surface area contributed by atoms with Gasteiger partial charge < -0.3 is 10.2 Å². The number of benzene rings is 1. The number of aliphatic hydroxyl groups is 2. The van der Waals surface area contributed by atoms with Crippen LogP contribution in [-0.4, -0.2) is 41.4 Å². The SMILES string of the molecule is OCC#Cc1ccc(CN2CCC(CCO)C2)cc1. The summed E-state index contributed by atoms with van der Waals surface area (Å²) in [6.45, 7) is 3.39. The van der Waals surface area contributed by atoms with Crippen molar-refractivity contribution < 1.29 is 10.2 Å². The van der Waals surface area contributed by atoms with Crippen LogP contribution in [-0.2, 0) is 6.54 Å². The molecule has 0 aromatic heterocycles. The molecule has 1 atom stereocenters. The average Bonchev–Trinajstić information content (AvgIpc) is 2.86. The quantitative estimate of drug-likeness (QED) is 0.800. The van der Waals surface area contributed by atoms with Crippen molar-refractivity contribution in [3.63, 3.8) is 0 Å². The molecule has 19 heavy (non-hydrogen) atoms. The average molecular weight is 259 g/mol. The highest BCUT2D eigenvalue weighted by Crippen LogP contribution is 2.21. The lowest BCUT2D eigenvalue weighted by Gasteiger charge is -2.15. The maximum absolute atomic E-state index is 8.95. The molecule has 0 aliphatic carbocycles. The molecule has 3 heteroatoms. The first-order valence-corrected chi connectivity index (χ1v) is 6.83. The van der Waals surface area contributed by atoms with E-state index in [1.165, 1.54) is 12.0 Å². The fraction of sp³-hybridized carbons (Fsp3) is 0.500. The predicted molar refractivity (Wildman–Crippen MR) is 75.5 cm³/mol. The molecule has 102 valence electrons. The Morgan fingerprint density at radius 2 is 2.00 bits per heavy atom. The second-order valence-corrected chi connectivity index (χ2v) is 5.06. The van der Waals surface area contributed by atoms with Crippen LogP contribution in [0.5, 0.6) is 0 Å². The number of rotatable bonds is 4. The molecule has 0 radical (unpaired) electrons. The third-order valence-electron chi connectivity index (χ3n) is 3.58. The lowest BCUT2D eigenvalue weighted by atomic mass is 10.1. The van der Waals surface area contributed by atoms with Crippen LogP contribution >= 0.6 is 0 Å². The zero-order chi connectivity index (χ0) is 13.5. The molecule has 0 saturated carbocycles. The van der Waals surface area contributed by atoms with Crippen molar-refractivity contribution in [3.8, 4) is 11.8 Å². The van der Waals surface area contributed by atoms with Crippen LogP contribution in [0.4, 0.5) is 0 Å². The fourth-order valence-corrected chi connectivity index (χ4v) is 2.57. The minimum Gasteiger partial charge on any atom is -0.396 e. The van der Waals surface area contributed by atoms with Gasteiger partial charge in [-0.25, -0.2) is 0 Å². The molecule has 2 N–H and O–H groups in total. The van der Waals surface area contributed by atoms with Gasteiger partial charge in [0.1, 0.15) is 6.61 Å². The highest BCUT2D eigenvalue weighted by Gasteiger charge is 2.21. The van der Waals surface area contributed by atoms with Crippen LogP contribution in [0.25, 0.3) is 0 Å². The van der Waals surface area contributed by atoms with Crippen molar-refractivity contribution in [2.45, 2.75) is 19.4 Å². The third kappa shape index (κ3) is 4.36. The number of aliphatic hydroxyl groups excluding tert-OH is 2. The summed E-state index contributed by atoms with van der Waals surface area (Å²) in [5.41, 5.74) is 2.23. The van der Waals surface area contributed by atoms with E-state index in [-0.39, 0.29) is 6.61 Å². The number of hydrogen-bond acceptors (Lipinski definition) is 3. The third-order valence-corrected chi connectivity index (χ3v) is 3.58. The largest absolute Gasteiger partial charge is 0.396 e. The Hall–Kier alpha value is -1.34. The summed E-state index contributed by atoms with van der Waals surface area (Å²) in [7, 11) is 0. The fourth-order valence-electron chi connectivity index (χ4n) is 2.57. The van der Waals surface area contributed by atoms with E-state index >= 15 is 0 Å². The van der Waals surface area contributed by atoms with E-state index in [1.54, 1.807) is 0 Å². The van der Waals surface area contributed by atoms with Crippen molar-refractivity contribution in [1.29, 1.82) is 0 Å². The molecule has 2 rings (SSSR count). The summed E-state index contributed by atoms with van der Waals surface area (Å²) in [5, 5.41) is 17.6. The first-order valence-electron chi connectivity index (χ1n) is 6.83. The van der Waals surface area contributed by atoms with Gasteiger partial charge in [0.15, 0.2) is 0 Å². The smallest absolute Gasteiger partial charge is 0.104 e. The molecule has 1 aromatic carbocycles. The molecule has 1 aliphatic heterocycles. The molecule has 1 aliphatic rings. The molecular weight excluding hydrogens is 238 g/mol. The molecule has 0 bridgehead atoms. The van der Waals surface area contributed by atoms with Crippen LogP contribution in [0.3, 0.4) is 0 Å². The van der Waals surface area contributed by atoms with Gasteiger partial charge in [-0.15, -0.1) is 0 Å². The summed E-state index contributed by atoms with van der Waals surface area (Å²) in [5.74, 6) is 6.20. The van der Waals surface area contributed by atoms with E-state index in [9.17, 15) is 0 Å². The van der Waals surface area contributed by atoms with Crippen LogP contribution in [0, 0.1) is 17.8 Å². The highest BCUT2D eigenvalue weighted by atomic mass is 16.3. The second-order valence-electron chi connectivity index (χ2n) is 5.06. The summed E-state index contributed by atoms with van der Waals surface area (Å²) in [6, 6.07) is 8.19. The van der Waals surface area contributed by atoms with Crippen molar-refractivity contribution in [2.24, 2.45) is 5.92 Å². The lowest BCUT2D eigenvalue weighted by Crippen LogP contribution is -2.20. The van der Waals surface area contributed by atoms with Crippen LogP contribution in [0.1, 0.15) is 24.0 Å². The molecule has 0 spiro atoms. The van der Waals surface area contributed by atoms with Gasteiger partial charge >= 0.3 is 0 Å². The molecule has 1 unspecified atom stereocenters. The van der Waals surface area contributed by atoms with Crippen molar-refractivity contribution in [3.05, 3.63) is 35.4 Å². The standard InChI is InChI=1S/C16H21NO2/c18-10-1-2-14-3-5-15(6-4-14)12-17-9-7-16(13-17)8-11-19/h3-6,16,18-19H,7-13H2. The van der Waals surface area contributed by atoms with E-state index in [1.807, 2.05) is 12.1 Å². The molecule has 1 heterocycles. The first kappa shape index (κ1) is 14.1. The summed E-state index contributed by atoms with van der Waals surface area (Å²) >= 11 is 0. The van der Waals surface area contributed by atoms with E-state index < -0.39 is 0 Å². The highest BCUT2D eigenvalue weighted by molar-refractivity contribution is 5.36. The molecule has 0 amide bonds. The molecular formula is C16H21NO2. The molecule has 1 fully saturated rings. The number of hydrogen-bond donors (Lipinski definition) is 2. The van der Waals surface area contributed by atoms with Gasteiger partial charge in [0.05, 0.1) is 0 Å². The maximum Gasteiger partial charge on any atom is 0.104 e. The number of nitrogens with zero attached hydrogens (tertiary/aromatic N) is 1. The Balaban J connectivity index is 1.86. The second kappa shape index (κ2) is 7.30. The molecule has 1 saturated heterocycles. The normalized spacial score (nSPS) is 19.2. The zero-order valence-electron chi connectivity index (χ0n) is 11.2. The predicted octanol–water partition coefficient (Wildman–Crippen LogP) is 1.23. The molecule has 1 aromatic rings. The topological polar surface area (TPSA) is 43.7 Å². The minimum atomic E-state index is -0.0955.